The number of anilines is 2. The molecule has 0 saturated carbocycles. The molecule has 1 amide bonds. The number of rotatable bonds is 6. The van der Waals surface area contributed by atoms with Crippen molar-refractivity contribution < 1.29 is 39.9 Å². The largest absolute Gasteiger partial charge is 0.421 e. The van der Waals surface area contributed by atoms with Gasteiger partial charge in [-0.1, -0.05) is 0 Å². The van der Waals surface area contributed by atoms with Gasteiger partial charge in [0, 0.05) is 57.6 Å². The Hall–Kier alpha value is -3.53. The molecule has 0 bridgehead atoms. The van der Waals surface area contributed by atoms with Crippen LogP contribution in [0.25, 0.3) is 0 Å². The number of nitrogens with zero attached hydrogens (tertiary/aromatic N) is 5. The van der Waals surface area contributed by atoms with Gasteiger partial charge in [0.25, 0.3) is 5.56 Å². The van der Waals surface area contributed by atoms with Crippen LogP contribution in [0.2, 0.25) is 0 Å². The third-order valence-corrected chi connectivity index (χ3v) is 4.86. The molecule has 1 aliphatic heterocycles. The van der Waals surface area contributed by atoms with Crippen LogP contribution in [0.5, 0.6) is 0 Å². The molecular formula is C19H21F8N7O2. The molecule has 2 aromatic rings. The molecule has 0 aromatic carbocycles. The Morgan fingerprint density at radius 1 is 1.00 bits per heavy atom. The fourth-order valence-corrected chi connectivity index (χ4v) is 3.11. The molecule has 1 fully saturated rings. The Labute approximate surface area is 198 Å². The van der Waals surface area contributed by atoms with E-state index in [-0.39, 0.29) is 30.6 Å². The van der Waals surface area contributed by atoms with Crippen LogP contribution in [0.15, 0.2) is 23.3 Å². The maximum Gasteiger partial charge on any atom is 0.421 e. The molecule has 0 spiro atoms. The van der Waals surface area contributed by atoms with E-state index < -0.39 is 36.0 Å². The minimum absolute atomic E-state index is 0.124. The van der Waals surface area contributed by atoms with Gasteiger partial charge in [0.15, 0.2) is 0 Å². The average molecular weight is 531 g/mol. The number of halogens is 8. The standard InChI is InChI=1S/C18H19F6N7O2.CH2F2/c19-17(20,21)11-9-26-16(27-10-11)31-6-4-30(5-7-31)14(32)2-1-3-25-13-8-12(18(22,23)24)15(33)29-28-13;2-1-3/h8-10H,1-7H2,(H,25,28)(H,29,33);1H2. The lowest BCUT2D eigenvalue weighted by Crippen LogP contribution is -2.49. The van der Waals surface area contributed by atoms with E-state index in [9.17, 15) is 44.7 Å². The predicted molar refractivity (Wildman–Crippen MR) is 110 cm³/mol. The average Bonchev–Trinajstić information content (AvgIpc) is 2.82. The Morgan fingerprint density at radius 2 is 1.58 bits per heavy atom. The molecule has 0 atom stereocenters. The van der Waals surface area contributed by atoms with Crippen molar-refractivity contribution in [2.24, 2.45) is 0 Å². The van der Waals surface area contributed by atoms with Crippen molar-refractivity contribution in [1.82, 2.24) is 25.1 Å². The summed E-state index contributed by atoms with van der Waals surface area (Å²) < 4.78 is 95.3. The van der Waals surface area contributed by atoms with Gasteiger partial charge in [-0.15, -0.1) is 0 Å². The molecule has 1 aliphatic rings. The summed E-state index contributed by atoms with van der Waals surface area (Å²) in [5, 5.41) is 7.89. The van der Waals surface area contributed by atoms with E-state index in [0.29, 0.717) is 51.1 Å². The van der Waals surface area contributed by atoms with Gasteiger partial charge in [0.05, 0.1) is 5.56 Å². The third kappa shape index (κ3) is 8.30. The summed E-state index contributed by atoms with van der Waals surface area (Å²) in [6.45, 7) is -0.255. The minimum Gasteiger partial charge on any atom is -0.369 e. The van der Waals surface area contributed by atoms with E-state index in [1.807, 2.05) is 0 Å². The molecule has 2 N–H and O–H groups in total. The summed E-state index contributed by atoms with van der Waals surface area (Å²) in [5.74, 6) is -0.194. The molecular weight excluding hydrogens is 510 g/mol. The van der Waals surface area contributed by atoms with Crippen LogP contribution in [0.1, 0.15) is 24.0 Å². The maximum absolute atomic E-state index is 12.7. The Bertz CT molecular complexity index is 1040. The third-order valence-electron chi connectivity index (χ3n) is 4.86. The molecule has 3 rings (SSSR count). The Kier molecular flexibility index (Phi) is 9.92. The zero-order valence-electron chi connectivity index (χ0n) is 18.5. The summed E-state index contributed by atoms with van der Waals surface area (Å²) in [4.78, 5) is 34.3. The number of aromatic amines is 1. The van der Waals surface area contributed by atoms with Crippen LogP contribution in [0.3, 0.4) is 0 Å². The lowest BCUT2D eigenvalue weighted by molar-refractivity contribution is -0.139. The van der Waals surface area contributed by atoms with Crippen LogP contribution >= 0.6 is 0 Å². The summed E-state index contributed by atoms with van der Waals surface area (Å²) in [6.07, 6.45) is -7.48. The van der Waals surface area contributed by atoms with Crippen LogP contribution in [-0.4, -0.2) is 70.6 Å². The van der Waals surface area contributed by atoms with E-state index >= 15 is 0 Å². The fourth-order valence-electron chi connectivity index (χ4n) is 3.11. The number of alkyl halides is 8. The van der Waals surface area contributed by atoms with E-state index in [1.54, 1.807) is 14.9 Å². The highest BCUT2D eigenvalue weighted by molar-refractivity contribution is 5.76. The van der Waals surface area contributed by atoms with Crippen molar-refractivity contribution in [1.29, 1.82) is 0 Å². The molecule has 0 radical (unpaired) electrons. The number of amides is 1. The van der Waals surface area contributed by atoms with Crippen molar-refractivity contribution in [3.05, 3.63) is 39.9 Å². The Balaban J connectivity index is 0.00000145. The molecule has 3 heterocycles. The lowest BCUT2D eigenvalue weighted by Gasteiger charge is -2.34. The number of carbonyl (C=O) groups excluding carboxylic acids is 1. The van der Waals surface area contributed by atoms with Gasteiger partial charge >= 0.3 is 12.4 Å². The molecule has 0 aliphatic carbocycles. The highest BCUT2D eigenvalue weighted by atomic mass is 19.4. The van der Waals surface area contributed by atoms with E-state index in [4.69, 9.17) is 0 Å². The maximum atomic E-state index is 12.7. The smallest absolute Gasteiger partial charge is 0.369 e. The van der Waals surface area contributed by atoms with Crippen LogP contribution < -0.4 is 15.8 Å². The molecule has 200 valence electrons. The summed E-state index contributed by atoms with van der Waals surface area (Å²) in [7, 11) is 0. The zero-order chi connectivity index (χ0) is 26.9. The van der Waals surface area contributed by atoms with Crippen molar-refractivity contribution in [2.45, 2.75) is 25.2 Å². The molecule has 17 heteroatoms. The number of hydrogen-bond acceptors (Lipinski definition) is 7. The number of nitrogens with one attached hydrogen (secondary N) is 2. The summed E-state index contributed by atoms with van der Waals surface area (Å²) in [5.41, 5.74) is -3.66. The van der Waals surface area contributed by atoms with Gasteiger partial charge in [-0.2, -0.15) is 31.4 Å². The monoisotopic (exact) mass is 531 g/mol. The van der Waals surface area contributed by atoms with Crippen molar-refractivity contribution in [3.8, 4) is 0 Å². The second-order valence-corrected chi connectivity index (χ2v) is 7.26. The highest BCUT2D eigenvalue weighted by Crippen LogP contribution is 2.29. The lowest BCUT2D eigenvalue weighted by atomic mass is 10.2. The van der Waals surface area contributed by atoms with Gasteiger partial charge < -0.3 is 15.1 Å². The first-order valence-electron chi connectivity index (χ1n) is 10.3. The molecule has 1 saturated heterocycles. The van der Waals surface area contributed by atoms with Crippen molar-refractivity contribution >= 4 is 17.7 Å². The van der Waals surface area contributed by atoms with Gasteiger partial charge in [0.2, 0.25) is 18.8 Å². The first-order valence-corrected chi connectivity index (χ1v) is 10.3. The number of carbonyl (C=O) groups is 1. The van der Waals surface area contributed by atoms with Crippen molar-refractivity contribution in [3.63, 3.8) is 0 Å². The van der Waals surface area contributed by atoms with Gasteiger partial charge in [-0.3, -0.25) is 9.59 Å². The predicted octanol–water partition coefficient (Wildman–Crippen LogP) is 3.02. The first kappa shape index (κ1) is 28.7. The number of aromatic nitrogens is 4. The molecule has 0 unspecified atom stereocenters. The first-order chi connectivity index (χ1) is 16.9. The Morgan fingerprint density at radius 3 is 2.11 bits per heavy atom. The number of hydrogen-bond donors (Lipinski definition) is 2. The second-order valence-electron chi connectivity index (χ2n) is 7.26. The second kappa shape index (κ2) is 12.4. The minimum atomic E-state index is -4.81. The van der Waals surface area contributed by atoms with Gasteiger partial charge in [-0.05, 0) is 6.42 Å². The van der Waals surface area contributed by atoms with E-state index in [2.05, 4.69) is 20.4 Å². The normalized spacial score (nSPS) is 14.2. The molecule has 9 nitrogen and oxygen atoms in total. The number of H-pyrrole nitrogens is 1. The van der Waals surface area contributed by atoms with Crippen molar-refractivity contribution in [2.75, 3.05) is 49.9 Å². The zero-order valence-corrected chi connectivity index (χ0v) is 18.5. The summed E-state index contributed by atoms with van der Waals surface area (Å²) in [6, 6.07) is 0.600. The fraction of sp³-hybridized carbons (Fsp3) is 0.526. The molecule has 36 heavy (non-hydrogen) atoms. The summed E-state index contributed by atoms with van der Waals surface area (Å²) >= 11 is 0. The van der Waals surface area contributed by atoms with Crippen LogP contribution in [-0.2, 0) is 17.1 Å². The topological polar surface area (TPSA) is 107 Å². The molecule has 2 aromatic heterocycles. The van der Waals surface area contributed by atoms with Crippen LogP contribution in [0.4, 0.5) is 46.9 Å². The SMILES string of the molecule is FCF.O=C(CCCNc1cc(C(F)(F)F)c(=O)[nH]n1)N1CCN(c2ncc(C(F)(F)F)cn2)CC1. The van der Waals surface area contributed by atoms with E-state index in [1.165, 1.54) is 0 Å². The van der Waals surface area contributed by atoms with Gasteiger partial charge in [-0.25, -0.2) is 23.8 Å². The number of piperazine rings is 1. The van der Waals surface area contributed by atoms with E-state index in [0.717, 1.165) is 0 Å². The van der Waals surface area contributed by atoms with Crippen LogP contribution in [0, 0.1) is 0 Å². The quantitative estimate of drug-likeness (QED) is 0.436. The highest BCUT2D eigenvalue weighted by Gasteiger charge is 2.34. The van der Waals surface area contributed by atoms with Gasteiger partial charge in [0.1, 0.15) is 11.4 Å².